The van der Waals surface area contributed by atoms with E-state index >= 15 is 0 Å². The number of nitrogens with zero attached hydrogens (tertiary/aromatic N) is 1. The van der Waals surface area contributed by atoms with Crippen LogP contribution < -0.4 is 5.73 Å². The Bertz CT molecular complexity index is 584. The van der Waals surface area contributed by atoms with Crippen molar-refractivity contribution in [1.29, 1.82) is 0 Å². The summed E-state index contributed by atoms with van der Waals surface area (Å²) in [7, 11) is 0. The van der Waals surface area contributed by atoms with E-state index < -0.39 is 0 Å². The zero-order valence-corrected chi connectivity index (χ0v) is 12.3. The topological polar surface area (TPSA) is 48.1 Å². The second-order valence-corrected chi connectivity index (χ2v) is 5.07. The van der Waals surface area contributed by atoms with Crippen LogP contribution in [0, 0.1) is 6.92 Å². The maximum absolute atomic E-state index is 5.70. The van der Waals surface area contributed by atoms with Crippen molar-refractivity contribution < 1.29 is 4.74 Å². The summed E-state index contributed by atoms with van der Waals surface area (Å²) in [5.74, 6) is 0. The van der Waals surface area contributed by atoms with Gasteiger partial charge in [0.05, 0.1) is 13.2 Å². The van der Waals surface area contributed by atoms with E-state index in [1.54, 1.807) is 6.20 Å². The zero-order valence-electron chi connectivity index (χ0n) is 11.5. The molecule has 3 nitrogen and oxygen atoms in total. The lowest BCUT2D eigenvalue weighted by Crippen LogP contribution is -2.10. The highest BCUT2D eigenvalue weighted by molar-refractivity contribution is 7.80. The highest BCUT2D eigenvalue weighted by Gasteiger charge is 2.02. The zero-order chi connectivity index (χ0) is 14.4. The van der Waals surface area contributed by atoms with Gasteiger partial charge < -0.3 is 10.5 Å². The first-order valence-corrected chi connectivity index (χ1v) is 6.94. The summed E-state index contributed by atoms with van der Waals surface area (Å²) >= 11 is 4.96. The van der Waals surface area contributed by atoms with E-state index in [4.69, 9.17) is 22.7 Å². The third kappa shape index (κ3) is 4.11. The third-order valence-electron chi connectivity index (χ3n) is 3.11. The SMILES string of the molecule is Cc1cc(C(N)=S)ccc1COCCc1ccccn1. The predicted molar refractivity (Wildman–Crippen MR) is 84.7 cm³/mol. The van der Waals surface area contributed by atoms with E-state index in [2.05, 4.69) is 4.98 Å². The molecule has 104 valence electrons. The minimum Gasteiger partial charge on any atom is -0.389 e. The van der Waals surface area contributed by atoms with E-state index in [1.807, 2.05) is 43.3 Å². The summed E-state index contributed by atoms with van der Waals surface area (Å²) in [6.07, 6.45) is 2.62. The quantitative estimate of drug-likeness (QED) is 0.655. The molecule has 20 heavy (non-hydrogen) atoms. The lowest BCUT2D eigenvalue weighted by atomic mass is 10.1. The van der Waals surface area contributed by atoms with Crippen LogP contribution in [0.15, 0.2) is 42.6 Å². The van der Waals surface area contributed by atoms with Crippen LogP contribution in [0.3, 0.4) is 0 Å². The first kappa shape index (κ1) is 14.6. The Labute approximate surface area is 124 Å². The predicted octanol–water partition coefficient (Wildman–Crippen LogP) is 2.78. The fraction of sp³-hybridized carbons (Fsp3) is 0.250. The lowest BCUT2D eigenvalue weighted by molar-refractivity contribution is 0.123. The van der Waals surface area contributed by atoms with Gasteiger partial charge in [-0.25, -0.2) is 0 Å². The molecular weight excluding hydrogens is 268 g/mol. The van der Waals surface area contributed by atoms with Crippen molar-refractivity contribution in [3.05, 3.63) is 65.0 Å². The van der Waals surface area contributed by atoms with E-state index in [-0.39, 0.29) is 0 Å². The molecule has 0 amide bonds. The Morgan fingerprint density at radius 1 is 1.30 bits per heavy atom. The van der Waals surface area contributed by atoms with Gasteiger partial charge in [-0.15, -0.1) is 0 Å². The minimum atomic E-state index is 0.427. The molecule has 0 spiro atoms. The number of rotatable bonds is 6. The molecule has 0 saturated heterocycles. The highest BCUT2D eigenvalue weighted by atomic mass is 32.1. The van der Waals surface area contributed by atoms with Crippen molar-refractivity contribution in [1.82, 2.24) is 4.98 Å². The van der Waals surface area contributed by atoms with E-state index in [0.717, 1.165) is 28.8 Å². The van der Waals surface area contributed by atoms with Crippen LogP contribution in [0.1, 0.15) is 22.4 Å². The van der Waals surface area contributed by atoms with E-state index in [1.165, 1.54) is 0 Å². The molecule has 0 aliphatic rings. The number of pyridine rings is 1. The van der Waals surface area contributed by atoms with Gasteiger partial charge in [0.15, 0.2) is 0 Å². The monoisotopic (exact) mass is 286 g/mol. The molecule has 0 radical (unpaired) electrons. The van der Waals surface area contributed by atoms with Gasteiger partial charge in [0.2, 0.25) is 0 Å². The fourth-order valence-electron chi connectivity index (χ4n) is 1.92. The van der Waals surface area contributed by atoms with Crippen molar-refractivity contribution in [2.45, 2.75) is 20.0 Å². The van der Waals surface area contributed by atoms with Gasteiger partial charge >= 0.3 is 0 Å². The van der Waals surface area contributed by atoms with E-state index in [0.29, 0.717) is 18.2 Å². The van der Waals surface area contributed by atoms with Crippen LogP contribution in [0.25, 0.3) is 0 Å². The van der Waals surface area contributed by atoms with Gasteiger partial charge in [-0.1, -0.05) is 30.4 Å². The minimum absolute atomic E-state index is 0.427. The maximum atomic E-state index is 5.70. The van der Waals surface area contributed by atoms with Crippen molar-refractivity contribution >= 4 is 17.2 Å². The molecule has 0 atom stereocenters. The number of benzene rings is 1. The Hall–Kier alpha value is -1.78. The Morgan fingerprint density at radius 2 is 2.15 bits per heavy atom. The molecule has 1 aromatic heterocycles. The number of aryl methyl sites for hydroxylation is 1. The molecule has 2 N–H and O–H groups in total. The number of aromatic nitrogens is 1. The average Bonchev–Trinajstić information content (AvgIpc) is 2.46. The molecule has 4 heteroatoms. The maximum Gasteiger partial charge on any atom is 0.103 e. The summed E-state index contributed by atoms with van der Waals surface area (Å²) in [4.78, 5) is 4.69. The smallest absolute Gasteiger partial charge is 0.103 e. The highest BCUT2D eigenvalue weighted by Crippen LogP contribution is 2.12. The first-order valence-electron chi connectivity index (χ1n) is 6.54. The van der Waals surface area contributed by atoms with Crippen LogP contribution in [-0.4, -0.2) is 16.6 Å². The lowest BCUT2D eigenvalue weighted by Gasteiger charge is -2.09. The third-order valence-corrected chi connectivity index (χ3v) is 3.35. The normalized spacial score (nSPS) is 10.4. The number of nitrogens with two attached hydrogens (primary N) is 1. The molecule has 1 aromatic carbocycles. The van der Waals surface area contributed by atoms with Gasteiger partial charge in [-0.2, -0.15) is 0 Å². The number of thiocarbonyl (C=S) groups is 1. The van der Waals surface area contributed by atoms with E-state index in [9.17, 15) is 0 Å². The van der Waals surface area contributed by atoms with Gasteiger partial charge in [0.25, 0.3) is 0 Å². The van der Waals surface area contributed by atoms with Crippen LogP contribution in [0.4, 0.5) is 0 Å². The van der Waals surface area contributed by atoms with Crippen molar-refractivity contribution in [2.75, 3.05) is 6.61 Å². The fourth-order valence-corrected chi connectivity index (χ4v) is 2.04. The Morgan fingerprint density at radius 3 is 2.80 bits per heavy atom. The number of hydrogen-bond acceptors (Lipinski definition) is 3. The Kier molecular flexibility index (Phi) is 5.21. The molecule has 0 bridgehead atoms. The van der Waals surface area contributed by atoms with Crippen LogP contribution in [0.2, 0.25) is 0 Å². The molecule has 2 aromatic rings. The van der Waals surface area contributed by atoms with Crippen LogP contribution >= 0.6 is 12.2 Å². The molecule has 2 rings (SSSR count). The summed E-state index contributed by atoms with van der Waals surface area (Å²) in [5, 5.41) is 0. The van der Waals surface area contributed by atoms with Crippen LogP contribution in [0.5, 0.6) is 0 Å². The summed E-state index contributed by atoms with van der Waals surface area (Å²) in [6.45, 7) is 3.29. The molecule has 0 fully saturated rings. The van der Waals surface area contributed by atoms with Crippen molar-refractivity contribution in [3.8, 4) is 0 Å². The second kappa shape index (κ2) is 7.12. The number of ether oxygens (including phenoxy) is 1. The molecular formula is C16H18N2OS. The standard InChI is InChI=1S/C16H18N2OS/c1-12-10-13(16(17)20)5-6-14(12)11-19-9-7-15-4-2-3-8-18-15/h2-6,8,10H,7,9,11H2,1H3,(H2,17,20). The van der Waals surface area contributed by atoms with Gasteiger partial charge in [0, 0.05) is 23.9 Å². The summed E-state index contributed by atoms with van der Waals surface area (Å²) in [5.41, 5.74) is 9.86. The summed E-state index contributed by atoms with van der Waals surface area (Å²) in [6, 6.07) is 11.9. The molecule has 1 heterocycles. The van der Waals surface area contributed by atoms with Crippen molar-refractivity contribution in [3.63, 3.8) is 0 Å². The number of hydrogen-bond donors (Lipinski definition) is 1. The van der Waals surface area contributed by atoms with Gasteiger partial charge in [-0.05, 0) is 36.2 Å². The average molecular weight is 286 g/mol. The largest absolute Gasteiger partial charge is 0.389 e. The second-order valence-electron chi connectivity index (χ2n) is 4.63. The van der Waals surface area contributed by atoms with Crippen LogP contribution in [-0.2, 0) is 17.8 Å². The molecule has 0 saturated carbocycles. The Balaban J connectivity index is 1.84. The van der Waals surface area contributed by atoms with Gasteiger partial charge in [0.1, 0.15) is 4.99 Å². The summed E-state index contributed by atoms with van der Waals surface area (Å²) < 4.78 is 5.70. The molecule has 0 aliphatic heterocycles. The van der Waals surface area contributed by atoms with Gasteiger partial charge in [-0.3, -0.25) is 4.98 Å². The molecule has 0 aliphatic carbocycles. The first-order chi connectivity index (χ1) is 9.66. The molecule has 0 unspecified atom stereocenters. The van der Waals surface area contributed by atoms with Crippen molar-refractivity contribution in [2.24, 2.45) is 5.73 Å².